The zero-order valence-corrected chi connectivity index (χ0v) is 48.0. The Morgan fingerprint density at radius 3 is 1.23 bits per heavy atom. The SMILES string of the molecule is CC/C=C\C/C=C\C/C=C\C/C=C\C/C=C\C/C=C\C/C=C\CCCCCCCCCCCCCCCCCCCC(=O)NC(COC1OC(CO)C(O)C(O)C1O)C(O)/C=C/CCCCCCCCCCCCC. The van der Waals surface area contributed by atoms with Gasteiger partial charge in [0.1, 0.15) is 24.4 Å². The third-order valence-electron chi connectivity index (χ3n) is 14.2. The number of unbranched alkanes of at least 4 members (excludes halogenated alkanes) is 28. The minimum Gasteiger partial charge on any atom is -0.394 e. The molecule has 9 nitrogen and oxygen atoms in total. The van der Waals surface area contributed by atoms with Crippen LogP contribution in [-0.2, 0) is 14.3 Å². The summed E-state index contributed by atoms with van der Waals surface area (Å²) < 4.78 is 11.3. The minimum atomic E-state index is -1.57. The lowest BCUT2D eigenvalue weighted by Gasteiger charge is -2.40. The van der Waals surface area contributed by atoms with Crippen molar-refractivity contribution in [3.05, 3.63) is 97.2 Å². The van der Waals surface area contributed by atoms with Crippen molar-refractivity contribution in [3.63, 3.8) is 0 Å². The number of carbonyl (C=O) groups is 1. The highest BCUT2D eigenvalue weighted by Crippen LogP contribution is 2.23. The molecular formula is C66H115NO8. The van der Waals surface area contributed by atoms with Crippen molar-refractivity contribution >= 4 is 5.91 Å². The van der Waals surface area contributed by atoms with Gasteiger partial charge in [-0.25, -0.2) is 0 Å². The Labute approximate surface area is 460 Å². The molecule has 0 aromatic rings. The van der Waals surface area contributed by atoms with E-state index in [4.69, 9.17) is 9.47 Å². The minimum absolute atomic E-state index is 0.178. The number of aliphatic hydroxyl groups is 5. The second-order valence-electron chi connectivity index (χ2n) is 21.1. The van der Waals surface area contributed by atoms with Crippen molar-refractivity contribution in [1.29, 1.82) is 0 Å². The summed E-state index contributed by atoms with van der Waals surface area (Å²) in [4.78, 5) is 13.0. The highest BCUT2D eigenvalue weighted by atomic mass is 16.7. The van der Waals surface area contributed by atoms with Crippen molar-refractivity contribution in [1.82, 2.24) is 5.32 Å². The molecule has 6 N–H and O–H groups in total. The lowest BCUT2D eigenvalue weighted by atomic mass is 9.99. The molecule has 0 aromatic heterocycles. The van der Waals surface area contributed by atoms with Crippen LogP contribution < -0.4 is 5.32 Å². The smallest absolute Gasteiger partial charge is 0.220 e. The topological polar surface area (TPSA) is 149 Å². The molecule has 9 heteroatoms. The molecule has 0 aromatic carbocycles. The maximum Gasteiger partial charge on any atom is 0.220 e. The van der Waals surface area contributed by atoms with Gasteiger partial charge in [-0.1, -0.05) is 272 Å². The van der Waals surface area contributed by atoms with E-state index in [0.29, 0.717) is 6.42 Å². The maximum atomic E-state index is 13.0. The molecule has 0 radical (unpaired) electrons. The van der Waals surface area contributed by atoms with Gasteiger partial charge in [-0.05, 0) is 77.0 Å². The van der Waals surface area contributed by atoms with Gasteiger partial charge < -0.3 is 40.3 Å². The molecule has 0 saturated carbocycles. The molecule has 7 unspecified atom stereocenters. The lowest BCUT2D eigenvalue weighted by Crippen LogP contribution is -2.60. The van der Waals surface area contributed by atoms with Gasteiger partial charge >= 0.3 is 0 Å². The molecule has 1 amide bonds. The predicted octanol–water partition coefficient (Wildman–Crippen LogP) is 16.0. The molecule has 432 valence electrons. The Hall–Kier alpha value is -2.89. The third-order valence-corrected chi connectivity index (χ3v) is 14.2. The first kappa shape index (κ1) is 70.1. The van der Waals surface area contributed by atoms with E-state index >= 15 is 0 Å². The van der Waals surface area contributed by atoms with Gasteiger partial charge in [-0.3, -0.25) is 4.79 Å². The molecule has 75 heavy (non-hydrogen) atoms. The summed E-state index contributed by atoms with van der Waals surface area (Å²) in [5, 5.41) is 54.4. The van der Waals surface area contributed by atoms with E-state index in [1.165, 1.54) is 154 Å². The van der Waals surface area contributed by atoms with E-state index in [1.807, 2.05) is 6.08 Å². The van der Waals surface area contributed by atoms with Crippen molar-refractivity contribution in [2.24, 2.45) is 0 Å². The van der Waals surface area contributed by atoms with Gasteiger partial charge in [0.05, 0.1) is 25.4 Å². The second kappa shape index (κ2) is 54.5. The van der Waals surface area contributed by atoms with Crippen molar-refractivity contribution in [3.8, 4) is 0 Å². The number of allylic oxidation sites excluding steroid dienone is 15. The highest BCUT2D eigenvalue weighted by molar-refractivity contribution is 5.76. The van der Waals surface area contributed by atoms with Crippen molar-refractivity contribution in [2.45, 2.75) is 301 Å². The fourth-order valence-electron chi connectivity index (χ4n) is 9.31. The second-order valence-corrected chi connectivity index (χ2v) is 21.1. The molecular weight excluding hydrogens is 935 g/mol. The van der Waals surface area contributed by atoms with Crippen LogP contribution in [0.15, 0.2) is 97.2 Å². The maximum absolute atomic E-state index is 13.0. The van der Waals surface area contributed by atoms with Crippen LogP contribution in [0.4, 0.5) is 0 Å². The molecule has 0 bridgehead atoms. The summed E-state index contributed by atoms with van der Waals surface area (Å²) >= 11 is 0. The number of ether oxygens (including phenoxy) is 2. The average molecular weight is 1050 g/mol. The Morgan fingerprint density at radius 1 is 0.467 bits per heavy atom. The molecule has 0 spiro atoms. The first-order valence-electron chi connectivity index (χ1n) is 31.0. The number of hydrogen-bond donors (Lipinski definition) is 6. The number of amides is 1. The van der Waals surface area contributed by atoms with E-state index in [0.717, 1.165) is 83.5 Å². The average Bonchev–Trinajstić information content (AvgIpc) is 3.41. The third kappa shape index (κ3) is 43.7. The van der Waals surface area contributed by atoms with Crippen LogP contribution in [0.1, 0.15) is 258 Å². The Bertz CT molecular complexity index is 1500. The molecule has 0 aliphatic carbocycles. The van der Waals surface area contributed by atoms with Crippen LogP contribution >= 0.6 is 0 Å². The molecule has 1 fully saturated rings. The molecule has 7 atom stereocenters. The van der Waals surface area contributed by atoms with Crippen LogP contribution in [0.2, 0.25) is 0 Å². The van der Waals surface area contributed by atoms with Gasteiger partial charge in [0.2, 0.25) is 5.91 Å². The van der Waals surface area contributed by atoms with Gasteiger partial charge in [-0.15, -0.1) is 0 Å². The number of aliphatic hydroxyl groups excluding tert-OH is 5. The zero-order valence-electron chi connectivity index (χ0n) is 48.0. The highest BCUT2D eigenvalue weighted by Gasteiger charge is 2.44. The quantitative estimate of drug-likeness (QED) is 0.0261. The molecule has 1 aliphatic rings. The summed E-state index contributed by atoms with van der Waals surface area (Å²) in [6, 6.07) is -0.807. The summed E-state index contributed by atoms with van der Waals surface area (Å²) in [7, 11) is 0. The van der Waals surface area contributed by atoms with E-state index in [1.54, 1.807) is 6.08 Å². The number of nitrogens with one attached hydrogen (secondary N) is 1. The lowest BCUT2D eigenvalue weighted by molar-refractivity contribution is -0.302. The van der Waals surface area contributed by atoms with E-state index in [9.17, 15) is 30.3 Å². The van der Waals surface area contributed by atoms with Gasteiger partial charge in [0.15, 0.2) is 6.29 Å². The van der Waals surface area contributed by atoms with Crippen LogP contribution in [-0.4, -0.2) is 87.5 Å². The zero-order chi connectivity index (χ0) is 54.3. The standard InChI is InChI=1S/C66H115NO8/c1-3-5-7-9-11-13-15-17-18-19-20-21-22-23-24-25-26-27-28-29-30-31-32-33-34-35-36-37-38-39-40-41-42-44-46-48-50-52-54-56-62(70)67-59(58-74-66-65(73)64(72)63(71)61(57-68)75-66)60(69)55-53-51-49-47-45-43-16-14-12-10-8-6-4-2/h5,7,11,13,17-18,20-21,23-24,26-27,29-30,53,55,59-61,63-66,68-69,71-73H,3-4,6,8-10,12,14-16,19,22,25,28,31-52,54,56-58H2,1-2H3,(H,67,70)/b7-5-,13-11-,18-17-,21-20-,24-23-,27-26-,30-29-,55-53+. The van der Waals surface area contributed by atoms with Crippen LogP contribution in [0, 0.1) is 0 Å². The normalized spacial score (nSPS) is 19.6. The predicted molar refractivity (Wildman–Crippen MR) is 318 cm³/mol. The van der Waals surface area contributed by atoms with Crippen molar-refractivity contribution in [2.75, 3.05) is 13.2 Å². The van der Waals surface area contributed by atoms with Crippen LogP contribution in [0.5, 0.6) is 0 Å². The summed E-state index contributed by atoms with van der Waals surface area (Å²) in [6.45, 7) is 3.66. The first-order valence-corrected chi connectivity index (χ1v) is 31.0. The summed E-state index contributed by atoms with van der Waals surface area (Å²) in [5.41, 5.74) is 0. The number of rotatable bonds is 52. The Morgan fingerprint density at radius 2 is 0.827 bits per heavy atom. The van der Waals surface area contributed by atoms with Crippen LogP contribution in [0.25, 0.3) is 0 Å². The number of carbonyl (C=O) groups excluding carboxylic acids is 1. The fourth-order valence-corrected chi connectivity index (χ4v) is 9.31. The van der Waals surface area contributed by atoms with Crippen LogP contribution in [0.3, 0.4) is 0 Å². The number of hydrogen-bond acceptors (Lipinski definition) is 8. The summed E-state index contributed by atoms with van der Waals surface area (Å²) in [5.74, 6) is -0.178. The van der Waals surface area contributed by atoms with Gasteiger partial charge in [0.25, 0.3) is 0 Å². The van der Waals surface area contributed by atoms with Crippen molar-refractivity contribution < 1.29 is 39.8 Å². The fraction of sp³-hybridized carbons (Fsp3) is 0.742. The van der Waals surface area contributed by atoms with Gasteiger partial charge in [-0.2, -0.15) is 0 Å². The Balaban J connectivity index is 2.08. The molecule has 1 aliphatic heterocycles. The monoisotopic (exact) mass is 1050 g/mol. The van der Waals surface area contributed by atoms with E-state index in [-0.39, 0.29) is 12.5 Å². The van der Waals surface area contributed by atoms with E-state index in [2.05, 4.69) is 104 Å². The first-order chi connectivity index (χ1) is 36.8. The van der Waals surface area contributed by atoms with E-state index < -0.39 is 49.5 Å². The molecule has 1 saturated heterocycles. The summed E-state index contributed by atoms with van der Waals surface area (Å²) in [6.07, 6.45) is 72.1. The molecule has 1 heterocycles. The molecule has 1 rings (SSSR count). The largest absolute Gasteiger partial charge is 0.394 e. The van der Waals surface area contributed by atoms with Gasteiger partial charge in [0, 0.05) is 6.42 Å². The Kier molecular flexibility index (Phi) is 50.9.